The predicted octanol–water partition coefficient (Wildman–Crippen LogP) is 4.31. The Kier molecular flexibility index (Phi) is 3.53. The summed E-state index contributed by atoms with van der Waals surface area (Å²) in [6, 6.07) is 0. The van der Waals surface area contributed by atoms with Crippen LogP contribution in [0.25, 0.3) is 0 Å². The van der Waals surface area contributed by atoms with Crippen LogP contribution in [0.2, 0.25) is 0 Å². The first-order chi connectivity index (χ1) is 8.70. The monoisotopic (exact) mass is 248 g/mol. The zero-order valence-corrected chi connectivity index (χ0v) is 11.8. The number of hydrogen-bond acceptors (Lipinski definition) is 1. The molecule has 102 valence electrons. The van der Waals surface area contributed by atoms with Crippen molar-refractivity contribution < 1.29 is 5.11 Å². The van der Waals surface area contributed by atoms with E-state index in [-0.39, 0.29) is 6.10 Å². The third-order valence-electron chi connectivity index (χ3n) is 6.04. The summed E-state index contributed by atoms with van der Waals surface area (Å²) in [7, 11) is 0. The smallest absolute Gasteiger partial charge is 0.0573 e. The van der Waals surface area contributed by atoms with Crippen molar-refractivity contribution in [3.8, 4) is 0 Å². The highest BCUT2D eigenvalue weighted by Crippen LogP contribution is 2.56. The molecule has 3 rings (SSSR count). The van der Waals surface area contributed by atoms with Gasteiger partial charge in [0.25, 0.3) is 0 Å². The van der Waals surface area contributed by atoms with E-state index < -0.39 is 0 Å². The molecule has 3 aliphatic carbocycles. The van der Waals surface area contributed by atoms with E-state index in [9.17, 15) is 5.11 Å². The molecule has 0 bridgehead atoms. The Bertz CT molecular complexity index is 318. The van der Waals surface area contributed by atoms with E-state index in [1.165, 1.54) is 51.4 Å². The molecule has 1 heteroatoms. The van der Waals surface area contributed by atoms with Gasteiger partial charge in [-0.25, -0.2) is 0 Å². The van der Waals surface area contributed by atoms with Crippen molar-refractivity contribution in [3.63, 3.8) is 0 Å². The first kappa shape index (κ1) is 12.7. The van der Waals surface area contributed by atoms with Crippen LogP contribution in [0.15, 0.2) is 12.2 Å². The van der Waals surface area contributed by atoms with Crippen molar-refractivity contribution in [2.45, 2.75) is 70.8 Å². The molecule has 0 amide bonds. The van der Waals surface area contributed by atoms with Gasteiger partial charge in [0.15, 0.2) is 0 Å². The van der Waals surface area contributed by atoms with E-state index >= 15 is 0 Å². The maximum Gasteiger partial charge on any atom is 0.0573 e. The SMILES string of the molecule is CC12CCCC(O)[C@@H]1CCC2C/C=C/CC1CC1. The number of aliphatic hydroxyl groups excluding tert-OH is 1. The Morgan fingerprint density at radius 3 is 2.61 bits per heavy atom. The van der Waals surface area contributed by atoms with Crippen LogP contribution >= 0.6 is 0 Å². The van der Waals surface area contributed by atoms with Crippen LogP contribution in [0.5, 0.6) is 0 Å². The highest BCUT2D eigenvalue weighted by atomic mass is 16.3. The van der Waals surface area contributed by atoms with Gasteiger partial charge in [0, 0.05) is 0 Å². The van der Waals surface area contributed by atoms with E-state index in [4.69, 9.17) is 0 Å². The van der Waals surface area contributed by atoms with Gasteiger partial charge in [-0.1, -0.05) is 25.5 Å². The van der Waals surface area contributed by atoms with Crippen molar-refractivity contribution in [2.75, 3.05) is 0 Å². The quantitative estimate of drug-likeness (QED) is 0.735. The number of fused-ring (bicyclic) bond motifs is 1. The standard InChI is InChI=1S/C17H28O/c1-17-12-4-7-16(18)15(17)11-10-14(17)6-3-2-5-13-8-9-13/h2-3,13-16,18H,4-12H2,1H3/b3-2+/t14?,15-,16?,17?/m0/s1. The first-order valence-corrected chi connectivity index (χ1v) is 8.03. The summed E-state index contributed by atoms with van der Waals surface area (Å²) in [5, 5.41) is 10.2. The van der Waals surface area contributed by atoms with Gasteiger partial charge < -0.3 is 5.11 Å². The molecule has 3 aliphatic rings. The highest BCUT2D eigenvalue weighted by molar-refractivity contribution is 5.03. The lowest BCUT2D eigenvalue weighted by molar-refractivity contribution is -0.0163. The van der Waals surface area contributed by atoms with Crippen LogP contribution in [-0.4, -0.2) is 11.2 Å². The molecule has 3 fully saturated rings. The van der Waals surface area contributed by atoms with Crippen LogP contribution in [0.1, 0.15) is 64.7 Å². The van der Waals surface area contributed by atoms with Crippen LogP contribution < -0.4 is 0 Å². The highest BCUT2D eigenvalue weighted by Gasteiger charge is 2.50. The van der Waals surface area contributed by atoms with Crippen molar-refractivity contribution in [1.29, 1.82) is 0 Å². The van der Waals surface area contributed by atoms with Crippen LogP contribution in [-0.2, 0) is 0 Å². The van der Waals surface area contributed by atoms with Gasteiger partial charge >= 0.3 is 0 Å². The Morgan fingerprint density at radius 1 is 1.06 bits per heavy atom. The third kappa shape index (κ3) is 2.39. The lowest BCUT2D eigenvalue weighted by Crippen LogP contribution is -2.39. The average Bonchev–Trinajstić information content (AvgIpc) is 3.09. The van der Waals surface area contributed by atoms with Gasteiger partial charge in [0.05, 0.1) is 6.10 Å². The number of allylic oxidation sites excluding steroid dienone is 2. The second kappa shape index (κ2) is 5.00. The minimum Gasteiger partial charge on any atom is -0.393 e. The minimum absolute atomic E-state index is 0.0100. The molecular formula is C17H28O. The fourth-order valence-electron chi connectivity index (χ4n) is 4.55. The summed E-state index contributed by atoms with van der Waals surface area (Å²) in [6.07, 6.45) is 16.6. The van der Waals surface area contributed by atoms with E-state index in [1.54, 1.807) is 0 Å². The average molecular weight is 248 g/mol. The van der Waals surface area contributed by atoms with Gasteiger partial charge in [0.2, 0.25) is 0 Å². The van der Waals surface area contributed by atoms with Gasteiger partial charge in [-0.15, -0.1) is 0 Å². The zero-order valence-electron chi connectivity index (χ0n) is 11.8. The predicted molar refractivity (Wildman–Crippen MR) is 75.3 cm³/mol. The van der Waals surface area contributed by atoms with E-state index in [0.717, 1.165) is 18.3 Å². The summed E-state index contributed by atoms with van der Waals surface area (Å²) in [5.41, 5.74) is 0.432. The molecule has 0 aliphatic heterocycles. The van der Waals surface area contributed by atoms with Gasteiger partial charge in [0.1, 0.15) is 0 Å². The van der Waals surface area contributed by atoms with Gasteiger partial charge in [-0.2, -0.15) is 0 Å². The molecule has 3 saturated carbocycles. The van der Waals surface area contributed by atoms with Crippen molar-refractivity contribution in [2.24, 2.45) is 23.2 Å². The molecular weight excluding hydrogens is 220 g/mol. The summed E-state index contributed by atoms with van der Waals surface area (Å²) in [4.78, 5) is 0. The molecule has 1 N–H and O–H groups in total. The van der Waals surface area contributed by atoms with Gasteiger partial charge in [-0.05, 0) is 74.5 Å². The van der Waals surface area contributed by atoms with Crippen molar-refractivity contribution in [1.82, 2.24) is 0 Å². The fourth-order valence-corrected chi connectivity index (χ4v) is 4.55. The Morgan fingerprint density at radius 2 is 1.83 bits per heavy atom. The molecule has 4 atom stereocenters. The lowest BCUT2D eigenvalue weighted by Gasteiger charge is -2.43. The number of rotatable bonds is 4. The molecule has 3 unspecified atom stereocenters. The molecule has 0 heterocycles. The summed E-state index contributed by atoms with van der Waals surface area (Å²) in [6.45, 7) is 2.45. The molecule has 0 spiro atoms. The number of hydrogen-bond donors (Lipinski definition) is 1. The lowest BCUT2D eigenvalue weighted by atomic mass is 9.64. The first-order valence-electron chi connectivity index (χ1n) is 8.03. The van der Waals surface area contributed by atoms with E-state index in [1.807, 2.05) is 0 Å². The van der Waals surface area contributed by atoms with Crippen LogP contribution in [0.3, 0.4) is 0 Å². The summed E-state index contributed by atoms with van der Waals surface area (Å²) in [5.74, 6) is 2.44. The maximum atomic E-state index is 10.2. The second-order valence-electron chi connectivity index (χ2n) is 7.23. The largest absolute Gasteiger partial charge is 0.393 e. The third-order valence-corrected chi connectivity index (χ3v) is 6.04. The summed E-state index contributed by atoms with van der Waals surface area (Å²) < 4.78 is 0. The van der Waals surface area contributed by atoms with Gasteiger partial charge in [-0.3, -0.25) is 0 Å². The Labute approximate surface area is 112 Å². The number of aliphatic hydroxyl groups is 1. The molecule has 0 aromatic heterocycles. The molecule has 0 aromatic carbocycles. The Hall–Kier alpha value is -0.300. The molecule has 1 nitrogen and oxygen atoms in total. The van der Waals surface area contributed by atoms with Crippen LogP contribution in [0, 0.1) is 23.2 Å². The second-order valence-corrected chi connectivity index (χ2v) is 7.23. The molecule has 0 saturated heterocycles. The maximum absolute atomic E-state index is 10.2. The van der Waals surface area contributed by atoms with Crippen molar-refractivity contribution >= 4 is 0 Å². The fraction of sp³-hybridized carbons (Fsp3) is 0.882. The van der Waals surface area contributed by atoms with E-state index in [2.05, 4.69) is 19.1 Å². The summed E-state index contributed by atoms with van der Waals surface area (Å²) >= 11 is 0. The van der Waals surface area contributed by atoms with Crippen molar-refractivity contribution in [3.05, 3.63) is 12.2 Å². The molecule has 0 radical (unpaired) electrons. The normalized spacial score (nSPS) is 44.4. The molecule has 18 heavy (non-hydrogen) atoms. The zero-order chi connectivity index (χ0) is 12.6. The topological polar surface area (TPSA) is 20.2 Å². The minimum atomic E-state index is -0.0100. The molecule has 0 aromatic rings. The van der Waals surface area contributed by atoms with Crippen LogP contribution in [0.4, 0.5) is 0 Å². The Balaban J connectivity index is 1.57. The van der Waals surface area contributed by atoms with E-state index in [0.29, 0.717) is 11.3 Å².